The standard InChI is InChI=1S/C21H25N3O5/c1-29-13-11-22-19(26)16-8-4-5-9-17(16)23-18(25)10-12-24-20(27)14-6-2-3-7-15(14)21(24)28/h2-5,8-9,14-15H,6-7,10-13H2,1H3,(H,22,26)(H,23,25)/t14-,15+. The Morgan fingerprint density at radius 2 is 1.76 bits per heavy atom. The van der Waals surface area contributed by atoms with Gasteiger partial charge in [-0.2, -0.15) is 0 Å². The summed E-state index contributed by atoms with van der Waals surface area (Å²) in [5, 5.41) is 5.42. The van der Waals surface area contributed by atoms with Crippen molar-refractivity contribution in [1.82, 2.24) is 10.2 Å². The third-order valence-corrected chi connectivity index (χ3v) is 5.20. The van der Waals surface area contributed by atoms with Gasteiger partial charge in [0.15, 0.2) is 0 Å². The number of carbonyl (C=O) groups excluding carboxylic acids is 4. The molecule has 0 spiro atoms. The van der Waals surface area contributed by atoms with Gasteiger partial charge in [-0.15, -0.1) is 0 Å². The van der Waals surface area contributed by atoms with Crippen molar-refractivity contribution in [2.45, 2.75) is 19.3 Å². The Balaban J connectivity index is 1.57. The fraction of sp³-hybridized carbons (Fsp3) is 0.429. The first kappa shape index (κ1) is 20.7. The van der Waals surface area contributed by atoms with Crippen LogP contribution in [0.25, 0.3) is 0 Å². The van der Waals surface area contributed by atoms with Crippen LogP contribution in [0.1, 0.15) is 29.6 Å². The quantitative estimate of drug-likeness (QED) is 0.390. The summed E-state index contributed by atoms with van der Waals surface area (Å²) in [6.07, 6.45) is 4.98. The molecule has 3 rings (SSSR count). The van der Waals surface area contributed by atoms with E-state index in [1.165, 1.54) is 4.90 Å². The number of para-hydroxylation sites is 1. The molecule has 0 unspecified atom stereocenters. The van der Waals surface area contributed by atoms with Gasteiger partial charge in [0.1, 0.15) is 0 Å². The monoisotopic (exact) mass is 399 g/mol. The summed E-state index contributed by atoms with van der Waals surface area (Å²) in [4.78, 5) is 50.8. The molecule has 1 aromatic rings. The molecule has 2 atom stereocenters. The molecule has 4 amide bonds. The van der Waals surface area contributed by atoms with Gasteiger partial charge in [0.2, 0.25) is 17.7 Å². The average molecular weight is 399 g/mol. The van der Waals surface area contributed by atoms with Crippen LogP contribution in [-0.4, -0.2) is 55.3 Å². The Labute approximate surface area is 169 Å². The number of hydrogen-bond donors (Lipinski definition) is 2. The van der Waals surface area contributed by atoms with Gasteiger partial charge in [-0.05, 0) is 25.0 Å². The van der Waals surface area contributed by atoms with Crippen molar-refractivity contribution in [3.05, 3.63) is 42.0 Å². The number of nitrogens with zero attached hydrogens (tertiary/aromatic N) is 1. The van der Waals surface area contributed by atoms with Crippen molar-refractivity contribution in [2.75, 3.05) is 32.1 Å². The molecule has 8 heteroatoms. The molecular weight excluding hydrogens is 374 g/mol. The van der Waals surface area contributed by atoms with E-state index in [4.69, 9.17) is 4.74 Å². The number of likely N-dealkylation sites (tertiary alicyclic amines) is 1. The third kappa shape index (κ3) is 4.71. The van der Waals surface area contributed by atoms with E-state index >= 15 is 0 Å². The molecule has 8 nitrogen and oxygen atoms in total. The number of allylic oxidation sites excluding steroid dienone is 2. The first-order chi connectivity index (χ1) is 14.0. The van der Waals surface area contributed by atoms with Crippen LogP contribution < -0.4 is 10.6 Å². The van der Waals surface area contributed by atoms with Crippen LogP contribution >= 0.6 is 0 Å². The largest absolute Gasteiger partial charge is 0.383 e. The maximum Gasteiger partial charge on any atom is 0.253 e. The molecule has 2 aliphatic rings. The minimum Gasteiger partial charge on any atom is -0.383 e. The number of fused-ring (bicyclic) bond motifs is 1. The van der Waals surface area contributed by atoms with E-state index in [-0.39, 0.29) is 48.4 Å². The minimum absolute atomic E-state index is 0.0238. The fourth-order valence-corrected chi connectivity index (χ4v) is 3.67. The van der Waals surface area contributed by atoms with E-state index in [1.807, 2.05) is 12.2 Å². The molecule has 1 saturated heterocycles. The molecule has 29 heavy (non-hydrogen) atoms. The summed E-state index contributed by atoms with van der Waals surface area (Å²) in [6.45, 7) is 0.780. The molecule has 0 radical (unpaired) electrons. The summed E-state index contributed by atoms with van der Waals surface area (Å²) < 4.78 is 4.91. The van der Waals surface area contributed by atoms with Gasteiger partial charge in [-0.25, -0.2) is 0 Å². The molecule has 0 bridgehead atoms. The van der Waals surface area contributed by atoms with Crippen molar-refractivity contribution in [2.24, 2.45) is 11.8 Å². The molecule has 1 heterocycles. The zero-order valence-electron chi connectivity index (χ0n) is 16.3. The molecular formula is C21H25N3O5. The first-order valence-corrected chi connectivity index (χ1v) is 9.69. The first-order valence-electron chi connectivity index (χ1n) is 9.69. The Morgan fingerprint density at radius 1 is 1.10 bits per heavy atom. The van der Waals surface area contributed by atoms with Gasteiger partial charge in [-0.3, -0.25) is 24.1 Å². The van der Waals surface area contributed by atoms with E-state index in [9.17, 15) is 19.2 Å². The third-order valence-electron chi connectivity index (χ3n) is 5.20. The lowest BCUT2D eigenvalue weighted by Crippen LogP contribution is -2.34. The number of rotatable bonds is 8. The van der Waals surface area contributed by atoms with Gasteiger partial charge in [0.05, 0.1) is 29.7 Å². The van der Waals surface area contributed by atoms with Gasteiger partial charge in [0.25, 0.3) is 5.91 Å². The van der Waals surface area contributed by atoms with Crippen molar-refractivity contribution >= 4 is 29.3 Å². The van der Waals surface area contributed by atoms with Gasteiger partial charge in [-0.1, -0.05) is 24.3 Å². The van der Waals surface area contributed by atoms with E-state index in [0.717, 1.165) is 0 Å². The maximum absolute atomic E-state index is 12.5. The van der Waals surface area contributed by atoms with Gasteiger partial charge < -0.3 is 15.4 Å². The summed E-state index contributed by atoms with van der Waals surface area (Å²) in [7, 11) is 1.54. The summed E-state index contributed by atoms with van der Waals surface area (Å²) >= 11 is 0. The molecule has 2 N–H and O–H groups in total. The van der Waals surface area contributed by atoms with Crippen LogP contribution in [0, 0.1) is 11.8 Å². The lowest BCUT2D eigenvalue weighted by Gasteiger charge is -2.15. The zero-order chi connectivity index (χ0) is 20.8. The highest BCUT2D eigenvalue weighted by molar-refractivity contribution is 6.06. The molecule has 0 saturated carbocycles. The molecule has 1 aromatic carbocycles. The number of nitrogens with one attached hydrogen (secondary N) is 2. The van der Waals surface area contributed by atoms with E-state index < -0.39 is 0 Å². The van der Waals surface area contributed by atoms with Crippen LogP contribution in [0.2, 0.25) is 0 Å². The number of methoxy groups -OCH3 is 1. The van der Waals surface area contributed by atoms with Crippen molar-refractivity contribution in [3.63, 3.8) is 0 Å². The summed E-state index contributed by atoms with van der Waals surface area (Å²) in [6, 6.07) is 6.67. The number of hydrogen-bond acceptors (Lipinski definition) is 5. The second-order valence-electron chi connectivity index (χ2n) is 7.08. The SMILES string of the molecule is COCCNC(=O)c1ccccc1NC(=O)CCN1C(=O)[C@H]2CC=CC[C@H]2C1=O. The highest BCUT2D eigenvalue weighted by Crippen LogP contribution is 2.35. The Kier molecular flexibility index (Phi) is 6.77. The number of amides is 4. The molecule has 1 aliphatic heterocycles. The van der Waals surface area contributed by atoms with Crippen LogP contribution in [0.15, 0.2) is 36.4 Å². The Morgan fingerprint density at radius 3 is 2.41 bits per heavy atom. The molecule has 1 aliphatic carbocycles. The van der Waals surface area contributed by atoms with Crippen LogP contribution in [0.4, 0.5) is 5.69 Å². The van der Waals surface area contributed by atoms with Crippen molar-refractivity contribution in [1.29, 1.82) is 0 Å². The van der Waals surface area contributed by atoms with Crippen molar-refractivity contribution in [3.8, 4) is 0 Å². The predicted molar refractivity (Wildman–Crippen MR) is 106 cm³/mol. The summed E-state index contributed by atoms with van der Waals surface area (Å²) in [5.41, 5.74) is 0.715. The molecule has 1 fully saturated rings. The summed E-state index contributed by atoms with van der Waals surface area (Å²) in [5.74, 6) is -1.68. The maximum atomic E-state index is 12.5. The smallest absolute Gasteiger partial charge is 0.253 e. The van der Waals surface area contributed by atoms with Crippen LogP contribution in [0.3, 0.4) is 0 Å². The second kappa shape index (κ2) is 9.47. The Bertz CT molecular complexity index is 809. The highest BCUT2D eigenvalue weighted by atomic mass is 16.5. The molecule has 0 aromatic heterocycles. The number of anilines is 1. The lowest BCUT2D eigenvalue weighted by atomic mass is 9.85. The number of imide groups is 1. The predicted octanol–water partition coefficient (Wildman–Crippen LogP) is 1.34. The molecule has 154 valence electrons. The highest BCUT2D eigenvalue weighted by Gasteiger charge is 2.46. The van der Waals surface area contributed by atoms with Gasteiger partial charge >= 0.3 is 0 Å². The number of benzene rings is 1. The normalized spacial score (nSPS) is 20.5. The fourth-order valence-electron chi connectivity index (χ4n) is 3.67. The van der Waals surface area contributed by atoms with Crippen LogP contribution in [0.5, 0.6) is 0 Å². The average Bonchev–Trinajstić information content (AvgIpc) is 2.97. The number of carbonyl (C=O) groups is 4. The lowest BCUT2D eigenvalue weighted by molar-refractivity contribution is -0.140. The van der Waals surface area contributed by atoms with Crippen molar-refractivity contribution < 1.29 is 23.9 Å². The topological polar surface area (TPSA) is 105 Å². The Hall–Kier alpha value is -3.00. The van der Waals surface area contributed by atoms with Gasteiger partial charge in [0, 0.05) is 26.6 Å². The van der Waals surface area contributed by atoms with E-state index in [0.29, 0.717) is 37.2 Å². The number of ether oxygens (including phenoxy) is 1. The van der Waals surface area contributed by atoms with E-state index in [1.54, 1.807) is 31.4 Å². The van der Waals surface area contributed by atoms with Crippen LogP contribution in [-0.2, 0) is 19.1 Å². The zero-order valence-corrected chi connectivity index (χ0v) is 16.3. The minimum atomic E-state index is -0.365. The second-order valence-corrected chi connectivity index (χ2v) is 7.08. The van der Waals surface area contributed by atoms with E-state index in [2.05, 4.69) is 10.6 Å².